The number of halogens is 1. The third-order valence-electron chi connectivity index (χ3n) is 6.66. The Kier molecular flexibility index (Phi) is 4.65. The highest BCUT2D eigenvalue weighted by Gasteiger charge is 2.50. The Morgan fingerprint density at radius 2 is 1.82 bits per heavy atom. The van der Waals surface area contributed by atoms with Gasteiger partial charge in [0.15, 0.2) is 0 Å². The average Bonchev–Trinajstić information content (AvgIpc) is 3.13. The summed E-state index contributed by atoms with van der Waals surface area (Å²) in [6.07, 6.45) is 8.06. The lowest BCUT2D eigenvalue weighted by Crippen LogP contribution is -2.51. The maximum Gasteiger partial charge on any atom is 0.277 e. The predicted molar refractivity (Wildman–Crippen MR) is 104 cm³/mol. The molecular formula is C21H24FN3O2S. The first-order valence-electron chi connectivity index (χ1n) is 10.1. The molecule has 6 rings (SSSR count). The minimum absolute atomic E-state index is 0.00797. The fourth-order valence-electron chi connectivity index (χ4n) is 5.98. The van der Waals surface area contributed by atoms with Crippen LogP contribution in [-0.2, 0) is 4.79 Å². The Labute approximate surface area is 167 Å². The van der Waals surface area contributed by atoms with Crippen molar-refractivity contribution < 1.29 is 13.6 Å². The zero-order chi connectivity index (χ0) is 19.1. The molecule has 1 N–H and O–H groups in total. The number of thioether (sulfide) groups is 1. The van der Waals surface area contributed by atoms with Crippen LogP contribution in [0.4, 0.5) is 4.39 Å². The van der Waals surface area contributed by atoms with Crippen molar-refractivity contribution in [3.05, 3.63) is 30.1 Å². The number of carbonyl (C=O) groups excluding carboxylic acids is 1. The van der Waals surface area contributed by atoms with Crippen LogP contribution in [0.25, 0.3) is 11.5 Å². The fraction of sp³-hybridized carbons (Fsp3) is 0.571. The van der Waals surface area contributed by atoms with Crippen molar-refractivity contribution in [1.29, 1.82) is 0 Å². The van der Waals surface area contributed by atoms with E-state index in [0.717, 1.165) is 24.3 Å². The van der Waals surface area contributed by atoms with Gasteiger partial charge in [0.1, 0.15) is 5.82 Å². The van der Waals surface area contributed by atoms with Crippen LogP contribution in [0.15, 0.2) is 33.9 Å². The first-order valence-corrected chi connectivity index (χ1v) is 11.0. The summed E-state index contributed by atoms with van der Waals surface area (Å²) in [5, 5.41) is 11.2. The molecule has 4 bridgehead atoms. The van der Waals surface area contributed by atoms with Gasteiger partial charge >= 0.3 is 0 Å². The Bertz CT molecular complexity index is 849. The van der Waals surface area contributed by atoms with Gasteiger partial charge < -0.3 is 9.73 Å². The van der Waals surface area contributed by atoms with E-state index in [9.17, 15) is 9.18 Å². The number of benzene rings is 1. The lowest BCUT2D eigenvalue weighted by Gasteiger charge is -2.56. The number of aromatic nitrogens is 2. The molecule has 1 heterocycles. The maximum atomic E-state index is 13.8. The van der Waals surface area contributed by atoms with E-state index in [1.807, 2.05) is 0 Å². The number of nitrogens with zero attached hydrogens (tertiary/aromatic N) is 2. The molecule has 0 radical (unpaired) electrons. The van der Waals surface area contributed by atoms with E-state index in [1.165, 1.54) is 56.4 Å². The molecule has 1 aromatic carbocycles. The summed E-state index contributed by atoms with van der Waals surface area (Å²) in [6, 6.07) is 6.27. The number of rotatable bonds is 6. The van der Waals surface area contributed by atoms with E-state index < -0.39 is 5.82 Å². The Morgan fingerprint density at radius 1 is 1.14 bits per heavy atom. The van der Waals surface area contributed by atoms with Crippen LogP contribution < -0.4 is 5.32 Å². The lowest BCUT2D eigenvalue weighted by atomic mass is 9.49. The largest absolute Gasteiger partial charge is 0.411 e. The fourth-order valence-corrected chi connectivity index (χ4v) is 6.58. The minimum atomic E-state index is -0.406. The quantitative estimate of drug-likeness (QED) is 0.731. The van der Waals surface area contributed by atoms with E-state index in [-0.39, 0.29) is 28.3 Å². The molecule has 0 aliphatic heterocycles. The van der Waals surface area contributed by atoms with E-state index in [1.54, 1.807) is 18.2 Å². The van der Waals surface area contributed by atoms with Gasteiger partial charge in [-0.25, -0.2) is 4.39 Å². The number of amides is 1. The first-order chi connectivity index (χ1) is 13.6. The molecule has 7 heteroatoms. The molecule has 0 saturated heterocycles. The highest BCUT2D eigenvalue weighted by molar-refractivity contribution is 7.99. The van der Waals surface area contributed by atoms with Gasteiger partial charge in [-0.2, -0.15) is 0 Å². The molecule has 0 atom stereocenters. The molecule has 2 aromatic rings. The first kappa shape index (κ1) is 18.2. The van der Waals surface area contributed by atoms with Crippen molar-refractivity contribution in [1.82, 2.24) is 15.5 Å². The molecule has 0 spiro atoms. The number of hydrogen-bond acceptors (Lipinski definition) is 5. The Morgan fingerprint density at radius 3 is 2.50 bits per heavy atom. The third-order valence-corrected chi connectivity index (χ3v) is 7.48. The Hall–Kier alpha value is -1.89. The monoisotopic (exact) mass is 401 g/mol. The summed E-state index contributed by atoms with van der Waals surface area (Å²) >= 11 is 1.19. The van der Waals surface area contributed by atoms with Crippen LogP contribution in [0, 0.1) is 29.0 Å². The molecule has 28 heavy (non-hydrogen) atoms. The SMILES string of the molecule is O=C(CSc1nnc(-c2ccccc2F)o1)NCC12CC3CC(CC(C3)C1)C2. The summed E-state index contributed by atoms with van der Waals surface area (Å²) in [5.74, 6) is 2.59. The molecule has 1 aromatic heterocycles. The average molecular weight is 402 g/mol. The van der Waals surface area contributed by atoms with Gasteiger partial charge in [-0.05, 0) is 73.8 Å². The van der Waals surface area contributed by atoms with Crippen molar-refractivity contribution in [3.63, 3.8) is 0 Å². The molecule has 0 unspecified atom stereocenters. The smallest absolute Gasteiger partial charge is 0.277 e. The topological polar surface area (TPSA) is 68.0 Å². The van der Waals surface area contributed by atoms with Crippen molar-refractivity contribution in [2.45, 2.75) is 43.7 Å². The second-order valence-electron chi connectivity index (χ2n) is 8.84. The summed E-state index contributed by atoms with van der Waals surface area (Å²) in [6.45, 7) is 0.792. The summed E-state index contributed by atoms with van der Waals surface area (Å²) < 4.78 is 19.3. The molecule has 4 saturated carbocycles. The van der Waals surface area contributed by atoms with Crippen molar-refractivity contribution in [3.8, 4) is 11.5 Å². The van der Waals surface area contributed by atoms with Crippen molar-refractivity contribution >= 4 is 17.7 Å². The Balaban J connectivity index is 1.14. The highest BCUT2D eigenvalue weighted by Crippen LogP contribution is 2.59. The predicted octanol–water partition coefficient (Wildman–Crippen LogP) is 4.30. The normalized spacial score (nSPS) is 30.5. The standard InChI is InChI=1S/C21H24FN3O2S/c22-17-4-2-1-3-16(17)19-24-25-20(27-19)28-11-18(26)23-12-21-8-13-5-14(9-21)7-15(6-13)10-21/h1-4,13-15H,5-12H2,(H,23,26). The van der Waals surface area contributed by atoms with E-state index >= 15 is 0 Å². The van der Waals surface area contributed by atoms with E-state index in [4.69, 9.17) is 4.42 Å². The second-order valence-corrected chi connectivity index (χ2v) is 9.76. The molecule has 4 aliphatic rings. The van der Waals surface area contributed by atoms with Gasteiger partial charge in [-0.1, -0.05) is 23.9 Å². The molecular weight excluding hydrogens is 377 g/mol. The van der Waals surface area contributed by atoms with Crippen LogP contribution in [0.5, 0.6) is 0 Å². The lowest BCUT2D eigenvalue weighted by molar-refractivity contribution is -0.120. The van der Waals surface area contributed by atoms with Crippen LogP contribution in [0.2, 0.25) is 0 Å². The maximum absolute atomic E-state index is 13.8. The van der Waals surface area contributed by atoms with E-state index in [0.29, 0.717) is 5.41 Å². The van der Waals surface area contributed by atoms with Gasteiger partial charge in [0.25, 0.3) is 11.1 Å². The van der Waals surface area contributed by atoms with E-state index in [2.05, 4.69) is 15.5 Å². The van der Waals surface area contributed by atoms with Crippen molar-refractivity contribution in [2.75, 3.05) is 12.3 Å². The van der Waals surface area contributed by atoms with Gasteiger partial charge in [-0.15, -0.1) is 10.2 Å². The van der Waals surface area contributed by atoms with Crippen molar-refractivity contribution in [2.24, 2.45) is 23.2 Å². The minimum Gasteiger partial charge on any atom is -0.411 e. The molecule has 4 aliphatic carbocycles. The molecule has 148 valence electrons. The summed E-state index contributed by atoms with van der Waals surface area (Å²) in [5.41, 5.74) is 0.602. The highest BCUT2D eigenvalue weighted by atomic mass is 32.2. The number of hydrogen-bond donors (Lipinski definition) is 1. The van der Waals surface area contributed by atoms with Crippen LogP contribution >= 0.6 is 11.8 Å². The zero-order valence-electron chi connectivity index (χ0n) is 15.7. The molecule has 5 nitrogen and oxygen atoms in total. The molecule has 1 amide bonds. The summed E-state index contributed by atoms with van der Waals surface area (Å²) in [7, 11) is 0. The third kappa shape index (κ3) is 3.56. The number of nitrogens with one attached hydrogen (secondary N) is 1. The zero-order valence-corrected chi connectivity index (χ0v) is 16.5. The summed E-state index contributed by atoms with van der Waals surface area (Å²) in [4.78, 5) is 12.4. The van der Waals surface area contributed by atoms with Gasteiger partial charge in [0, 0.05) is 6.54 Å². The van der Waals surface area contributed by atoms with Gasteiger partial charge in [0.2, 0.25) is 5.91 Å². The van der Waals surface area contributed by atoms with Gasteiger partial charge in [0.05, 0.1) is 11.3 Å². The number of carbonyl (C=O) groups is 1. The van der Waals surface area contributed by atoms with Crippen LogP contribution in [0.3, 0.4) is 0 Å². The van der Waals surface area contributed by atoms with Crippen LogP contribution in [-0.4, -0.2) is 28.4 Å². The van der Waals surface area contributed by atoms with Crippen LogP contribution in [0.1, 0.15) is 38.5 Å². The second kappa shape index (κ2) is 7.17. The van der Waals surface area contributed by atoms with Gasteiger partial charge in [-0.3, -0.25) is 4.79 Å². The molecule has 4 fully saturated rings.